The Kier molecular flexibility index (Phi) is 4.18. The number of benzene rings is 2. The van der Waals surface area contributed by atoms with E-state index >= 15 is 0 Å². The van der Waals surface area contributed by atoms with Crippen LogP contribution in [0, 0.1) is 5.82 Å². The number of aliphatic hydroxyl groups is 1. The fourth-order valence-corrected chi connectivity index (χ4v) is 1.75. The molecule has 4 heteroatoms. The van der Waals surface area contributed by atoms with Crippen LogP contribution in [0.15, 0.2) is 48.5 Å². The summed E-state index contributed by atoms with van der Waals surface area (Å²) in [6, 6.07) is 13.0. The molecule has 94 valence electrons. The summed E-state index contributed by atoms with van der Waals surface area (Å²) in [4.78, 5) is 0. The Bertz CT molecular complexity index is 516. The summed E-state index contributed by atoms with van der Waals surface area (Å²) < 4.78 is 18.2. The summed E-state index contributed by atoms with van der Waals surface area (Å²) in [6.07, 6.45) is -0.743. The van der Waals surface area contributed by atoms with Crippen LogP contribution >= 0.6 is 11.6 Å². The Labute approximate surface area is 110 Å². The van der Waals surface area contributed by atoms with Crippen LogP contribution in [0.25, 0.3) is 0 Å². The van der Waals surface area contributed by atoms with Crippen molar-refractivity contribution in [2.45, 2.75) is 6.10 Å². The van der Waals surface area contributed by atoms with Crippen LogP contribution in [0.4, 0.5) is 4.39 Å². The molecule has 0 fully saturated rings. The van der Waals surface area contributed by atoms with Crippen LogP contribution in [0.1, 0.15) is 11.7 Å². The molecule has 18 heavy (non-hydrogen) atoms. The van der Waals surface area contributed by atoms with Crippen molar-refractivity contribution in [2.75, 3.05) is 6.61 Å². The molecule has 2 aromatic carbocycles. The lowest BCUT2D eigenvalue weighted by Gasteiger charge is -2.13. The number of hydrogen-bond acceptors (Lipinski definition) is 2. The Balaban J connectivity index is 1.99. The van der Waals surface area contributed by atoms with Gasteiger partial charge in [-0.1, -0.05) is 41.9 Å². The molecule has 2 rings (SSSR count). The second-order valence-electron chi connectivity index (χ2n) is 3.81. The van der Waals surface area contributed by atoms with Crippen LogP contribution in [-0.2, 0) is 0 Å². The highest BCUT2D eigenvalue weighted by Gasteiger charge is 2.09. The van der Waals surface area contributed by atoms with Gasteiger partial charge < -0.3 is 9.84 Å². The zero-order valence-electron chi connectivity index (χ0n) is 9.51. The van der Waals surface area contributed by atoms with E-state index in [0.29, 0.717) is 5.75 Å². The fourth-order valence-electron chi connectivity index (χ4n) is 1.53. The number of ether oxygens (including phenoxy) is 1. The maximum Gasteiger partial charge on any atom is 0.138 e. The van der Waals surface area contributed by atoms with E-state index in [9.17, 15) is 9.50 Å². The molecule has 0 spiro atoms. The lowest BCUT2D eigenvalue weighted by molar-refractivity contribution is 0.108. The van der Waals surface area contributed by atoms with E-state index in [1.54, 1.807) is 12.1 Å². The van der Waals surface area contributed by atoms with Gasteiger partial charge in [-0.2, -0.15) is 0 Å². The molecule has 1 unspecified atom stereocenters. The predicted octanol–water partition coefficient (Wildman–Crippen LogP) is 3.59. The number of hydrogen-bond donors (Lipinski definition) is 1. The molecule has 2 nitrogen and oxygen atoms in total. The van der Waals surface area contributed by atoms with Gasteiger partial charge in [0.15, 0.2) is 0 Å². The number of rotatable bonds is 4. The van der Waals surface area contributed by atoms with Gasteiger partial charge in [0.25, 0.3) is 0 Å². The smallest absolute Gasteiger partial charge is 0.138 e. The quantitative estimate of drug-likeness (QED) is 0.916. The Hall–Kier alpha value is -1.58. The van der Waals surface area contributed by atoms with Crippen molar-refractivity contribution in [1.29, 1.82) is 0 Å². The minimum atomic E-state index is -0.743. The molecular weight excluding hydrogens is 255 g/mol. The highest BCUT2D eigenvalue weighted by molar-refractivity contribution is 6.32. The van der Waals surface area contributed by atoms with Crippen LogP contribution < -0.4 is 4.74 Å². The normalized spacial score (nSPS) is 12.2. The molecule has 0 aliphatic heterocycles. The van der Waals surface area contributed by atoms with E-state index < -0.39 is 11.9 Å². The van der Waals surface area contributed by atoms with E-state index in [2.05, 4.69) is 0 Å². The van der Waals surface area contributed by atoms with Crippen molar-refractivity contribution < 1.29 is 14.2 Å². The molecule has 0 aliphatic carbocycles. The molecule has 0 bridgehead atoms. The predicted molar refractivity (Wildman–Crippen MR) is 68.3 cm³/mol. The van der Waals surface area contributed by atoms with E-state index in [4.69, 9.17) is 16.3 Å². The molecule has 0 amide bonds. The maximum absolute atomic E-state index is 12.8. The van der Waals surface area contributed by atoms with Crippen LogP contribution in [0.2, 0.25) is 5.02 Å². The molecule has 1 atom stereocenters. The summed E-state index contributed by atoms with van der Waals surface area (Å²) in [7, 11) is 0. The van der Waals surface area contributed by atoms with Gasteiger partial charge in [-0.25, -0.2) is 4.39 Å². The number of aliphatic hydroxyl groups excluding tert-OH is 1. The van der Waals surface area contributed by atoms with E-state index in [1.807, 2.05) is 18.2 Å². The third kappa shape index (κ3) is 3.22. The highest BCUT2D eigenvalue weighted by atomic mass is 35.5. The average molecular weight is 267 g/mol. The monoisotopic (exact) mass is 266 g/mol. The average Bonchev–Trinajstić information content (AvgIpc) is 2.38. The highest BCUT2D eigenvalue weighted by Crippen LogP contribution is 2.26. The molecule has 0 radical (unpaired) electrons. The van der Waals surface area contributed by atoms with Gasteiger partial charge in [0.1, 0.15) is 24.3 Å². The first-order valence-electron chi connectivity index (χ1n) is 5.47. The van der Waals surface area contributed by atoms with Crippen molar-refractivity contribution in [3.63, 3.8) is 0 Å². The zero-order chi connectivity index (χ0) is 13.0. The van der Waals surface area contributed by atoms with Crippen molar-refractivity contribution in [3.05, 3.63) is 64.9 Å². The minimum absolute atomic E-state index is 0.0648. The van der Waals surface area contributed by atoms with Gasteiger partial charge in [-0.15, -0.1) is 0 Å². The van der Waals surface area contributed by atoms with Crippen LogP contribution in [-0.4, -0.2) is 11.7 Å². The summed E-state index contributed by atoms with van der Waals surface area (Å²) >= 11 is 5.81. The third-order valence-corrected chi connectivity index (χ3v) is 2.77. The standard InChI is InChI=1S/C14H12ClFO2/c15-12-8-11(16)6-7-14(12)18-9-13(17)10-4-2-1-3-5-10/h1-8,13,17H,9H2. The van der Waals surface area contributed by atoms with E-state index in [1.165, 1.54) is 18.2 Å². The Morgan fingerprint density at radius 3 is 2.56 bits per heavy atom. The third-order valence-electron chi connectivity index (χ3n) is 2.47. The molecule has 0 heterocycles. The lowest BCUT2D eigenvalue weighted by atomic mass is 10.1. The molecule has 1 N–H and O–H groups in total. The molecular formula is C14H12ClFO2. The minimum Gasteiger partial charge on any atom is -0.489 e. The first kappa shape index (κ1) is 12.9. The summed E-state index contributed by atoms with van der Waals surface area (Å²) in [5.74, 6) is -0.0657. The fraction of sp³-hybridized carbons (Fsp3) is 0.143. The van der Waals surface area contributed by atoms with Crippen molar-refractivity contribution >= 4 is 11.6 Å². The lowest BCUT2D eigenvalue weighted by Crippen LogP contribution is -2.09. The topological polar surface area (TPSA) is 29.5 Å². The molecule has 0 saturated carbocycles. The molecule has 0 aliphatic rings. The van der Waals surface area contributed by atoms with Gasteiger partial charge in [-0.3, -0.25) is 0 Å². The maximum atomic E-state index is 12.8. The Morgan fingerprint density at radius 1 is 1.17 bits per heavy atom. The molecule has 0 saturated heterocycles. The Morgan fingerprint density at radius 2 is 1.89 bits per heavy atom. The number of halogens is 2. The van der Waals surface area contributed by atoms with Crippen molar-refractivity contribution in [2.24, 2.45) is 0 Å². The second-order valence-corrected chi connectivity index (χ2v) is 4.22. The summed E-state index contributed by atoms with van der Waals surface area (Å²) in [5.41, 5.74) is 0.760. The van der Waals surface area contributed by atoms with Gasteiger partial charge in [0, 0.05) is 0 Å². The van der Waals surface area contributed by atoms with Crippen molar-refractivity contribution in [1.82, 2.24) is 0 Å². The molecule has 0 aromatic heterocycles. The van der Waals surface area contributed by atoms with Gasteiger partial charge in [-0.05, 0) is 23.8 Å². The van der Waals surface area contributed by atoms with Gasteiger partial charge >= 0.3 is 0 Å². The van der Waals surface area contributed by atoms with Crippen LogP contribution in [0.5, 0.6) is 5.75 Å². The summed E-state index contributed by atoms with van der Waals surface area (Å²) in [6.45, 7) is 0.0648. The van der Waals surface area contributed by atoms with Gasteiger partial charge in [0.2, 0.25) is 0 Å². The molecule has 2 aromatic rings. The largest absolute Gasteiger partial charge is 0.489 e. The first-order valence-corrected chi connectivity index (χ1v) is 5.85. The second kappa shape index (κ2) is 5.85. The van der Waals surface area contributed by atoms with E-state index in [-0.39, 0.29) is 11.6 Å². The van der Waals surface area contributed by atoms with Crippen LogP contribution in [0.3, 0.4) is 0 Å². The zero-order valence-corrected chi connectivity index (χ0v) is 10.3. The first-order chi connectivity index (χ1) is 8.66. The van der Waals surface area contributed by atoms with Gasteiger partial charge in [0.05, 0.1) is 5.02 Å². The summed E-state index contributed by atoms with van der Waals surface area (Å²) in [5, 5.41) is 10.1. The van der Waals surface area contributed by atoms with E-state index in [0.717, 1.165) is 5.56 Å². The SMILES string of the molecule is OC(COc1ccc(F)cc1Cl)c1ccccc1. The van der Waals surface area contributed by atoms with Crippen molar-refractivity contribution in [3.8, 4) is 5.75 Å².